The maximum atomic E-state index is 10.9. The number of carbonyl (C=O) groups excluding carboxylic acids is 1. The average molecular weight is 222 g/mol. The second-order valence-electron chi connectivity index (χ2n) is 3.49. The zero-order valence-electron chi connectivity index (χ0n) is 9.86. The van der Waals surface area contributed by atoms with E-state index in [1.165, 1.54) is 0 Å². The van der Waals surface area contributed by atoms with Gasteiger partial charge in [-0.1, -0.05) is 19.9 Å². The Labute approximate surface area is 96.4 Å². The summed E-state index contributed by atoms with van der Waals surface area (Å²) >= 11 is 0. The molecule has 3 heteroatoms. The molecular weight excluding hydrogens is 204 g/mol. The number of benzene rings is 1. The summed E-state index contributed by atoms with van der Waals surface area (Å²) in [6.07, 6.45) is 2.63. The molecule has 88 valence electrons. The molecule has 1 rings (SSSR count). The predicted molar refractivity (Wildman–Crippen MR) is 63.4 cm³/mol. The number of carbonyl (C=O) groups is 1. The molecule has 16 heavy (non-hydrogen) atoms. The van der Waals surface area contributed by atoms with Crippen molar-refractivity contribution < 1.29 is 14.3 Å². The molecule has 0 heterocycles. The normalized spacial score (nSPS) is 9.88. The molecule has 0 aliphatic heterocycles. The Morgan fingerprint density at radius 2 is 1.81 bits per heavy atom. The number of rotatable bonds is 7. The van der Waals surface area contributed by atoms with Crippen LogP contribution in [0.4, 0.5) is 0 Å². The minimum atomic E-state index is 0.544. The van der Waals surface area contributed by atoms with Crippen molar-refractivity contribution in [3.05, 3.63) is 23.8 Å². The van der Waals surface area contributed by atoms with Crippen LogP contribution in [0.15, 0.2) is 18.2 Å². The molecule has 0 saturated heterocycles. The fourth-order valence-electron chi connectivity index (χ4n) is 1.31. The van der Waals surface area contributed by atoms with Gasteiger partial charge < -0.3 is 9.47 Å². The summed E-state index contributed by atoms with van der Waals surface area (Å²) in [6.45, 7) is 5.28. The van der Waals surface area contributed by atoms with Crippen LogP contribution in [0, 0.1) is 0 Å². The van der Waals surface area contributed by atoms with E-state index >= 15 is 0 Å². The Bertz CT molecular complexity index is 334. The van der Waals surface area contributed by atoms with E-state index in [1.54, 1.807) is 12.1 Å². The molecule has 0 spiro atoms. The fourth-order valence-corrected chi connectivity index (χ4v) is 1.31. The number of para-hydroxylation sites is 1. The summed E-state index contributed by atoms with van der Waals surface area (Å²) in [4.78, 5) is 10.9. The number of hydrogen-bond donors (Lipinski definition) is 0. The molecule has 3 nitrogen and oxygen atoms in total. The Morgan fingerprint density at radius 1 is 1.12 bits per heavy atom. The van der Waals surface area contributed by atoms with E-state index < -0.39 is 0 Å². The Kier molecular flexibility index (Phi) is 5.40. The van der Waals surface area contributed by atoms with Crippen LogP contribution in [0.2, 0.25) is 0 Å². The van der Waals surface area contributed by atoms with Crippen LogP contribution >= 0.6 is 0 Å². The predicted octanol–water partition coefficient (Wildman–Crippen LogP) is 3.08. The number of aldehydes is 1. The van der Waals surface area contributed by atoms with Gasteiger partial charge in [-0.15, -0.1) is 0 Å². The van der Waals surface area contributed by atoms with Gasteiger partial charge in [0.2, 0.25) is 0 Å². The van der Waals surface area contributed by atoms with Crippen LogP contribution < -0.4 is 9.47 Å². The molecule has 0 saturated carbocycles. The van der Waals surface area contributed by atoms with Crippen LogP contribution in [0.5, 0.6) is 11.5 Å². The van der Waals surface area contributed by atoms with E-state index in [1.807, 2.05) is 19.9 Å². The third-order valence-electron chi connectivity index (χ3n) is 2.05. The number of ether oxygens (including phenoxy) is 2. The maximum Gasteiger partial charge on any atom is 0.171 e. The summed E-state index contributed by atoms with van der Waals surface area (Å²) in [6, 6.07) is 5.36. The molecule has 0 unspecified atom stereocenters. The fraction of sp³-hybridized carbons (Fsp3) is 0.462. The third kappa shape index (κ3) is 3.26. The molecule has 0 aliphatic rings. The van der Waals surface area contributed by atoms with Crippen molar-refractivity contribution in [1.29, 1.82) is 0 Å². The van der Waals surface area contributed by atoms with E-state index in [9.17, 15) is 4.79 Å². The molecule has 0 bridgehead atoms. The highest BCUT2D eigenvalue weighted by Gasteiger charge is 2.09. The van der Waals surface area contributed by atoms with E-state index in [0.29, 0.717) is 30.3 Å². The molecule has 0 radical (unpaired) electrons. The Balaban J connectivity index is 2.90. The van der Waals surface area contributed by atoms with Crippen molar-refractivity contribution in [1.82, 2.24) is 0 Å². The second-order valence-corrected chi connectivity index (χ2v) is 3.49. The first kappa shape index (κ1) is 12.6. The molecule has 1 aromatic rings. The highest BCUT2D eigenvalue weighted by atomic mass is 16.5. The first-order valence-corrected chi connectivity index (χ1v) is 5.67. The SMILES string of the molecule is CCCOc1cccc(C=O)c1OCCC. The van der Waals surface area contributed by atoms with Gasteiger partial charge in [0.25, 0.3) is 0 Å². The molecule has 0 fully saturated rings. The minimum absolute atomic E-state index is 0.544. The van der Waals surface area contributed by atoms with Crippen LogP contribution in [0.3, 0.4) is 0 Å². The van der Waals surface area contributed by atoms with Crippen LogP contribution in [0.1, 0.15) is 37.0 Å². The van der Waals surface area contributed by atoms with E-state index in [4.69, 9.17) is 9.47 Å². The van der Waals surface area contributed by atoms with Gasteiger partial charge in [-0.25, -0.2) is 0 Å². The zero-order chi connectivity index (χ0) is 11.8. The first-order chi connectivity index (χ1) is 7.83. The lowest BCUT2D eigenvalue weighted by Gasteiger charge is -2.13. The molecule has 1 aromatic carbocycles. The van der Waals surface area contributed by atoms with E-state index in [0.717, 1.165) is 19.1 Å². The Hall–Kier alpha value is -1.51. The van der Waals surface area contributed by atoms with Gasteiger partial charge in [0.05, 0.1) is 18.8 Å². The molecule has 0 atom stereocenters. The standard InChI is InChI=1S/C13H18O3/c1-3-8-15-12-7-5-6-11(10-14)13(12)16-9-4-2/h5-7,10H,3-4,8-9H2,1-2H3. The summed E-state index contributed by atoms with van der Waals surface area (Å²) in [5.41, 5.74) is 0.544. The van der Waals surface area contributed by atoms with Crippen molar-refractivity contribution >= 4 is 6.29 Å². The molecule has 0 aromatic heterocycles. The summed E-state index contributed by atoms with van der Waals surface area (Å²) < 4.78 is 11.1. The lowest BCUT2D eigenvalue weighted by molar-refractivity contribution is 0.111. The smallest absolute Gasteiger partial charge is 0.171 e. The van der Waals surface area contributed by atoms with Crippen LogP contribution in [-0.4, -0.2) is 19.5 Å². The largest absolute Gasteiger partial charge is 0.490 e. The zero-order valence-corrected chi connectivity index (χ0v) is 9.86. The summed E-state index contributed by atoms with van der Waals surface area (Å²) in [7, 11) is 0. The Morgan fingerprint density at radius 3 is 2.44 bits per heavy atom. The second kappa shape index (κ2) is 6.88. The van der Waals surface area contributed by atoms with Crippen molar-refractivity contribution in [2.24, 2.45) is 0 Å². The van der Waals surface area contributed by atoms with Gasteiger partial charge in [0.1, 0.15) is 0 Å². The van der Waals surface area contributed by atoms with E-state index in [-0.39, 0.29) is 0 Å². The van der Waals surface area contributed by atoms with Gasteiger partial charge in [0, 0.05) is 0 Å². The molecule has 0 N–H and O–H groups in total. The van der Waals surface area contributed by atoms with Gasteiger partial charge in [-0.05, 0) is 25.0 Å². The van der Waals surface area contributed by atoms with Crippen molar-refractivity contribution in [3.63, 3.8) is 0 Å². The summed E-state index contributed by atoms with van der Waals surface area (Å²) in [5, 5.41) is 0. The van der Waals surface area contributed by atoms with Gasteiger partial charge >= 0.3 is 0 Å². The molecule has 0 amide bonds. The molecule has 0 aliphatic carbocycles. The number of hydrogen-bond acceptors (Lipinski definition) is 3. The monoisotopic (exact) mass is 222 g/mol. The highest BCUT2D eigenvalue weighted by Crippen LogP contribution is 2.30. The quantitative estimate of drug-likeness (QED) is 0.665. The molecular formula is C13H18O3. The minimum Gasteiger partial charge on any atom is -0.490 e. The van der Waals surface area contributed by atoms with Crippen LogP contribution in [-0.2, 0) is 0 Å². The average Bonchev–Trinajstić information content (AvgIpc) is 2.33. The summed E-state index contributed by atoms with van der Waals surface area (Å²) in [5.74, 6) is 1.22. The lowest BCUT2D eigenvalue weighted by atomic mass is 10.2. The lowest BCUT2D eigenvalue weighted by Crippen LogP contribution is -2.03. The van der Waals surface area contributed by atoms with Gasteiger partial charge in [-0.2, -0.15) is 0 Å². The van der Waals surface area contributed by atoms with Gasteiger partial charge in [-0.3, -0.25) is 4.79 Å². The first-order valence-electron chi connectivity index (χ1n) is 5.67. The van der Waals surface area contributed by atoms with Crippen molar-refractivity contribution in [2.75, 3.05) is 13.2 Å². The third-order valence-corrected chi connectivity index (χ3v) is 2.05. The van der Waals surface area contributed by atoms with Gasteiger partial charge in [0.15, 0.2) is 17.8 Å². The van der Waals surface area contributed by atoms with Crippen LogP contribution in [0.25, 0.3) is 0 Å². The van der Waals surface area contributed by atoms with Crippen molar-refractivity contribution in [2.45, 2.75) is 26.7 Å². The van der Waals surface area contributed by atoms with E-state index in [2.05, 4.69) is 0 Å². The van der Waals surface area contributed by atoms with Crippen molar-refractivity contribution in [3.8, 4) is 11.5 Å². The maximum absolute atomic E-state index is 10.9. The topological polar surface area (TPSA) is 35.5 Å². The highest BCUT2D eigenvalue weighted by molar-refractivity contribution is 5.81.